The molecule has 108 valence electrons. The van der Waals surface area contributed by atoms with Crippen LogP contribution in [-0.4, -0.2) is 21.6 Å². The van der Waals surface area contributed by atoms with Gasteiger partial charge in [0.25, 0.3) is 0 Å². The highest BCUT2D eigenvalue weighted by atomic mass is 16.4. The number of carbonyl (C=O) groups is 2. The van der Waals surface area contributed by atoms with Gasteiger partial charge in [-0.2, -0.15) is 0 Å². The van der Waals surface area contributed by atoms with Crippen LogP contribution in [0.4, 0.5) is 5.69 Å². The highest BCUT2D eigenvalue weighted by Gasteiger charge is 2.12. The van der Waals surface area contributed by atoms with Crippen LogP contribution in [0, 0.1) is 6.92 Å². The lowest BCUT2D eigenvalue weighted by molar-refractivity contribution is -0.116. The molecule has 6 heteroatoms. The molecule has 0 fully saturated rings. The number of aryl methyl sites for hydroxylation is 1. The van der Waals surface area contributed by atoms with Crippen molar-refractivity contribution in [3.05, 3.63) is 64.1 Å². The molecule has 0 atom stereocenters. The van der Waals surface area contributed by atoms with Gasteiger partial charge < -0.3 is 15.0 Å². The van der Waals surface area contributed by atoms with Crippen molar-refractivity contribution in [2.24, 2.45) is 0 Å². The molecule has 0 aliphatic carbocycles. The number of anilines is 1. The molecule has 21 heavy (non-hydrogen) atoms. The fraction of sp³-hybridized carbons (Fsp3) is 0.133. The van der Waals surface area contributed by atoms with Crippen molar-refractivity contribution in [2.45, 2.75) is 13.5 Å². The molecule has 1 amide bonds. The maximum atomic E-state index is 11.9. The van der Waals surface area contributed by atoms with E-state index in [1.165, 1.54) is 16.8 Å². The Hall–Kier alpha value is -2.89. The van der Waals surface area contributed by atoms with E-state index in [1.54, 1.807) is 31.2 Å². The third-order valence-corrected chi connectivity index (χ3v) is 2.95. The van der Waals surface area contributed by atoms with E-state index >= 15 is 0 Å². The first-order chi connectivity index (χ1) is 9.97. The van der Waals surface area contributed by atoms with E-state index < -0.39 is 11.4 Å². The number of carboxylic acid groups (broad SMARTS) is 1. The van der Waals surface area contributed by atoms with E-state index in [0.29, 0.717) is 11.4 Å². The highest BCUT2D eigenvalue weighted by Crippen LogP contribution is 2.06. The molecule has 2 N–H and O–H groups in total. The van der Waals surface area contributed by atoms with Crippen LogP contribution in [0.1, 0.15) is 16.1 Å². The smallest absolute Gasteiger partial charge is 0.341 e. The van der Waals surface area contributed by atoms with Gasteiger partial charge in [-0.05, 0) is 19.1 Å². The lowest BCUT2D eigenvalue weighted by Crippen LogP contribution is -2.24. The standard InChI is InChI=1S/C15H14N2O4/c1-10-7-13(18)12(15(20)21)8-17(10)9-14(19)16-11-5-3-2-4-6-11/h2-8H,9H2,1H3,(H,16,19)(H,20,21). The van der Waals surface area contributed by atoms with Gasteiger partial charge >= 0.3 is 5.97 Å². The summed E-state index contributed by atoms with van der Waals surface area (Å²) in [5, 5.41) is 11.6. The third-order valence-electron chi connectivity index (χ3n) is 2.95. The molecule has 0 saturated heterocycles. The number of hydrogen-bond acceptors (Lipinski definition) is 3. The Morgan fingerprint density at radius 1 is 1.24 bits per heavy atom. The summed E-state index contributed by atoms with van der Waals surface area (Å²) in [5.41, 5.74) is 0.251. The lowest BCUT2D eigenvalue weighted by Gasteiger charge is -2.11. The van der Waals surface area contributed by atoms with Crippen LogP contribution in [0.2, 0.25) is 0 Å². The van der Waals surface area contributed by atoms with Gasteiger partial charge in [-0.1, -0.05) is 18.2 Å². The predicted octanol–water partition coefficient (Wildman–Crippen LogP) is 1.49. The molecule has 1 aromatic carbocycles. The highest BCUT2D eigenvalue weighted by molar-refractivity contribution is 5.91. The minimum atomic E-state index is -1.31. The Morgan fingerprint density at radius 2 is 1.90 bits per heavy atom. The molecule has 1 heterocycles. The number of hydrogen-bond donors (Lipinski definition) is 2. The molecular weight excluding hydrogens is 272 g/mol. The molecule has 1 aromatic heterocycles. The minimum absolute atomic E-state index is 0.0682. The van der Waals surface area contributed by atoms with Gasteiger partial charge in [0.15, 0.2) is 5.43 Å². The average Bonchev–Trinajstić information content (AvgIpc) is 2.42. The van der Waals surface area contributed by atoms with E-state index in [-0.39, 0.29) is 18.0 Å². The second-order valence-electron chi connectivity index (χ2n) is 4.54. The summed E-state index contributed by atoms with van der Waals surface area (Å²) in [6.07, 6.45) is 1.19. The molecule has 6 nitrogen and oxygen atoms in total. The van der Waals surface area contributed by atoms with Crippen LogP contribution in [0.3, 0.4) is 0 Å². The van der Waals surface area contributed by atoms with Crippen LogP contribution in [0.25, 0.3) is 0 Å². The monoisotopic (exact) mass is 286 g/mol. The van der Waals surface area contributed by atoms with E-state index in [4.69, 9.17) is 5.11 Å². The molecule has 0 aliphatic rings. The number of para-hydroxylation sites is 1. The van der Waals surface area contributed by atoms with Gasteiger partial charge in [0.2, 0.25) is 5.91 Å². The van der Waals surface area contributed by atoms with E-state index in [2.05, 4.69) is 5.32 Å². The van der Waals surface area contributed by atoms with Crippen molar-refractivity contribution >= 4 is 17.6 Å². The number of amides is 1. The SMILES string of the molecule is Cc1cc(=O)c(C(=O)O)cn1CC(=O)Nc1ccccc1. The molecular formula is C15H14N2O4. The van der Waals surface area contributed by atoms with Gasteiger partial charge in [-0.3, -0.25) is 9.59 Å². The average molecular weight is 286 g/mol. The topological polar surface area (TPSA) is 88.4 Å². The molecule has 0 saturated carbocycles. The van der Waals surface area contributed by atoms with Crippen LogP contribution in [-0.2, 0) is 11.3 Å². The number of aromatic carboxylic acids is 1. The van der Waals surface area contributed by atoms with Crippen molar-refractivity contribution < 1.29 is 14.7 Å². The van der Waals surface area contributed by atoms with E-state index in [0.717, 1.165) is 0 Å². The maximum Gasteiger partial charge on any atom is 0.341 e. The van der Waals surface area contributed by atoms with Crippen molar-refractivity contribution in [1.82, 2.24) is 4.57 Å². The summed E-state index contributed by atoms with van der Waals surface area (Å²) >= 11 is 0. The van der Waals surface area contributed by atoms with E-state index in [1.807, 2.05) is 6.07 Å². The van der Waals surface area contributed by atoms with Crippen LogP contribution >= 0.6 is 0 Å². The minimum Gasteiger partial charge on any atom is -0.477 e. The molecule has 0 bridgehead atoms. The number of pyridine rings is 1. The molecule has 0 aliphatic heterocycles. The third kappa shape index (κ3) is 3.56. The molecule has 2 rings (SSSR count). The zero-order chi connectivity index (χ0) is 15.4. The Morgan fingerprint density at radius 3 is 2.52 bits per heavy atom. The predicted molar refractivity (Wildman–Crippen MR) is 77.5 cm³/mol. The van der Waals surface area contributed by atoms with Crippen LogP contribution in [0.5, 0.6) is 0 Å². The Labute approximate surface area is 120 Å². The molecule has 0 unspecified atom stereocenters. The summed E-state index contributed by atoms with van der Waals surface area (Å²) < 4.78 is 1.43. The number of aromatic nitrogens is 1. The molecule has 0 radical (unpaired) electrons. The largest absolute Gasteiger partial charge is 0.477 e. The fourth-order valence-corrected chi connectivity index (χ4v) is 1.88. The number of nitrogens with zero attached hydrogens (tertiary/aromatic N) is 1. The summed E-state index contributed by atoms with van der Waals surface area (Å²) in [6.45, 7) is 1.57. The Bertz CT molecular complexity index is 735. The maximum absolute atomic E-state index is 11.9. The second kappa shape index (κ2) is 6.04. The summed E-state index contributed by atoms with van der Waals surface area (Å²) in [7, 11) is 0. The Balaban J connectivity index is 2.19. The first-order valence-electron chi connectivity index (χ1n) is 6.26. The number of rotatable bonds is 4. The van der Waals surface area contributed by atoms with Crippen molar-refractivity contribution in [1.29, 1.82) is 0 Å². The summed E-state index contributed by atoms with van der Waals surface area (Å²) in [6, 6.07) is 10.1. The van der Waals surface area contributed by atoms with Crippen LogP contribution in [0.15, 0.2) is 47.4 Å². The number of carbonyl (C=O) groups excluding carboxylic acids is 1. The van der Waals surface area contributed by atoms with Crippen molar-refractivity contribution in [3.8, 4) is 0 Å². The Kier molecular flexibility index (Phi) is 4.18. The van der Waals surface area contributed by atoms with Gasteiger partial charge in [-0.25, -0.2) is 4.79 Å². The lowest BCUT2D eigenvalue weighted by atomic mass is 10.2. The molecule has 2 aromatic rings. The van der Waals surface area contributed by atoms with E-state index in [9.17, 15) is 14.4 Å². The quantitative estimate of drug-likeness (QED) is 0.891. The molecule has 0 spiro atoms. The van der Waals surface area contributed by atoms with Gasteiger partial charge in [0, 0.05) is 23.6 Å². The first-order valence-corrected chi connectivity index (χ1v) is 6.26. The van der Waals surface area contributed by atoms with Gasteiger partial charge in [0.05, 0.1) is 0 Å². The normalized spacial score (nSPS) is 10.1. The van der Waals surface area contributed by atoms with Gasteiger partial charge in [0.1, 0.15) is 12.1 Å². The fourth-order valence-electron chi connectivity index (χ4n) is 1.88. The van der Waals surface area contributed by atoms with Crippen molar-refractivity contribution in [3.63, 3.8) is 0 Å². The number of carboxylic acids is 1. The first kappa shape index (κ1) is 14.5. The van der Waals surface area contributed by atoms with Crippen LogP contribution < -0.4 is 10.7 Å². The second-order valence-corrected chi connectivity index (χ2v) is 4.54. The summed E-state index contributed by atoms with van der Waals surface area (Å²) in [4.78, 5) is 34.4. The number of benzene rings is 1. The zero-order valence-corrected chi connectivity index (χ0v) is 11.4. The number of nitrogens with one attached hydrogen (secondary N) is 1. The van der Waals surface area contributed by atoms with Crippen molar-refractivity contribution in [2.75, 3.05) is 5.32 Å². The zero-order valence-electron chi connectivity index (χ0n) is 11.4. The van der Waals surface area contributed by atoms with Gasteiger partial charge in [-0.15, -0.1) is 0 Å². The summed E-state index contributed by atoms with van der Waals surface area (Å²) in [5.74, 6) is -1.61.